The Morgan fingerprint density at radius 3 is 2.59 bits per heavy atom. The number of ether oxygens (including phenoxy) is 1. The van der Waals surface area contributed by atoms with Crippen LogP contribution in [0.25, 0.3) is 0 Å². The summed E-state index contributed by atoms with van der Waals surface area (Å²) in [5.74, 6) is -1.65. The molecular weight excluding hydrogens is 539 g/mol. The fourth-order valence-corrected chi connectivity index (χ4v) is 7.75. The van der Waals surface area contributed by atoms with Crippen molar-refractivity contribution in [1.82, 2.24) is 4.90 Å². The van der Waals surface area contributed by atoms with Crippen molar-refractivity contribution in [3.05, 3.63) is 63.1 Å². The van der Waals surface area contributed by atoms with Crippen molar-refractivity contribution >= 4 is 33.4 Å². The van der Waals surface area contributed by atoms with Crippen LogP contribution in [-0.2, 0) is 32.9 Å². The second-order valence-electron chi connectivity index (χ2n) is 11.3. The molecule has 3 aliphatic heterocycles. The van der Waals surface area contributed by atoms with Gasteiger partial charge in [0, 0.05) is 35.5 Å². The van der Waals surface area contributed by atoms with Crippen LogP contribution in [0.1, 0.15) is 49.4 Å². The Bertz CT molecular complexity index is 1260. The molecule has 0 aromatic heterocycles. The average Bonchev–Trinajstić information content (AvgIpc) is 3.24. The van der Waals surface area contributed by atoms with E-state index >= 15 is 4.39 Å². The molecule has 3 aliphatic rings. The number of amides is 2. The minimum absolute atomic E-state index is 0.0674. The third kappa shape index (κ3) is 4.03. The molecule has 2 aromatic rings. The van der Waals surface area contributed by atoms with Gasteiger partial charge in [0.15, 0.2) is 5.60 Å². The van der Waals surface area contributed by atoms with E-state index in [1.54, 1.807) is 16.8 Å². The quantitative estimate of drug-likeness (QED) is 0.578. The lowest BCUT2D eigenvalue weighted by molar-refractivity contribution is -0.151. The van der Waals surface area contributed by atoms with Crippen molar-refractivity contribution in [3.8, 4) is 0 Å². The van der Waals surface area contributed by atoms with Gasteiger partial charge >= 0.3 is 0 Å². The molecule has 8 heteroatoms. The first kappa shape index (κ1) is 26.3. The predicted molar refractivity (Wildman–Crippen MR) is 143 cm³/mol. The summed E-state index contributed by atoms with van der Waals surface area (Å²) in [4.78, 5) is 30.8. The molecule has 1 fully saturated rings. The number of benzene rings is 2. The van der Waals surface area contributed by atoms with Gasteiger partial charge in [0.2, 0.25) is 5.91 Å². The molecule has 2 amide bonds. The third-order valence-electron chi connectivity index (χ3n) is 8.54. The Morgan fingerprint density at radius 1 is 1.27 bits per heavy atom. The zero-order chi connectivity index (χ0) is 26.9. The number of aliphatic hydroxyl groups excluding tert-OH is 1. The summed E-state index contributed by atoms with van der Waals surface area (Å²) < 4.78 is 23.2. The van der Waals surface area contributed by atoms with Gasteiger partial charge < -0.3 is 19.6 Å². The number of carbonyl (C=O) groups is 2. The first-order valence-corrected chi connectivity index (χ1v) is 13.6. The smallest absolute Gasteiger partial charge is 0.264 e. The Morgan fingerprint density at radius 2 is 1.95 bits per heavy atom. The van der Waals surface area contributed by atoms with E-state index in [0.717, 1.165) is 26.9 Å². The van der Waals surface area contributed by atoms with Crippen molar-refractivity contribution in [1.29, 1.82) is 0 Å². The number of hydrogen-bond donors (Lipinski definition) is 1. The Labute approximate surface area is 225 Å². The second kappa shape index (κ2) is 9.17. The SMILES string of the molecule is Cc1cc(Br)c2c(c1)[C@]1(O[C@@H](CC(=O)N3Cc4ccccc4C[C@H]3CO)[C@H](C(C)(C)F)[C@H]1C)C(=O)N2C. The van der Waals surface area contributed by atoms with Crippen molar-refractivity contribution < 1.29 is 23.8 Å². The Balaban J connectivity index is 1.51. The highest BCUT2D eigenvalue weighted by atomic mass is 79.9. The molecule has 2 aromatic carbocycles. The highest BCUT2D eigenvalue weighted by Gasteiger charge is 2.66. The molecule has 0 aliphatic carbocycles. The molecule has 1 N–H and O–H groups in total. The number of carbonyl (C=O) groups excluding carboxylic acids is 2. The standard InChI is InChI=1S/C29H34BrFN2O4/c1-16-10-21-26(22(30)11-16)32(5)27(36)29(21)17(2)25(28(3,4)31)23(37-29)13-24(35)33-14-19-9-7-6-8-18(19)12-20(33)15-34/h6-11,17,20,23,25,34H,12-15H2,1-5H3/t17-,20+,23+,25-,29+/m1/s1. The van der Waals surface area contributed by atoms with Crippen LogP contribution in [0.2, 0.25) is 0 Å². The summed E-state index contributed by atoms with van der Waals surface area (Å²) in [5, 5.41) is 10.1. The molecule has 1 spiro atoms. The normalized spacial score (nSPS) is 29.1. The molecule has 0 bridgehead atoms. The number of nitrogens with zero attached hydrogens (tertiary/aromatic N) is 2. The van der Waals surface area contributed by atoms with Crippen molar-refractivity contribution in [2.75, 3.05) is 18.6 Å². The van der Waals surface area contributed by atoms with Gasteiger partial charge in [-0.2, -0.15) is 0 Å². The van der Waals surface area contributed by atoms with Crippen LogP contribution in [0.3, 0.4) is 0 Å². The third-order valence-corrected chi connectivity index (χ3v) is 9.14. The van der Waals surface area contributed by atoms with E-state index in [-0.39, 0.29) is 30.9 Å². The lowest BCUT2D eigenvalue weighted by atomic mass is 9.71. The number of hydrogen-bond acceptors (Lipinski definition) is 4. The summed E-state index contributed by atoms with van der Waals surface area (Å²) in [7, 11) is 1.71. The second-order valence-corrected chi connectivity index (χ2v) is 12.2. The van der Waals surface area contributed by atoms with Gasteiger partial charge in [-0.05, 0) is 65.9 Å². The van der Waals surface area contributed by atoms with E-state index in [1.807, 2.05) is 50.2 Å². The molecule has 0 radical (unpaired) electrons. The van der Waals surface area contributed by atoms with Gasteiger partial charge in [0.25, 0.3) is 5.91 Å². The predicted octanol–water partition coefficient (Wildman–Crippen LogP) is 4.66. The van der Waals surface area contributed by atoms with Gasteiger partial charge in [-0.1, -0.05) is 37.3 Å². The molecule has 198 valence electrons. The number of fused-ring (bicyclic) bond motifs is 3. The van der Waals surface area contributed by atoms with Gasteiger partial charge in [0.05, 0.1) is 30.9 Å². The molecule has 6 nitrogen and oxygen atoms in total. The highest BCUT2D eigenvalue weighted by molar-refractivity contribution is 9.10. The Hall–Kier alpha value is -2.29. The van der Waals surface area contributed by atoms with Crippen molar-refractivity contribution in [2.45, 2.75) is 70.5 Å². The lowest BCUT2D eigenvalue weighted by Crippen LogP contribution is -2.48. The molecule has 1 saturated heterocycles. The monoisotopic (exact) mass is 572 g/mol. The first-order chi connectivity index (χ1) is 17.4. The van der Waals surface area contributed by atoms with E-state index in [0.29, 0.717) is 18.5 Å². The van der Waals surface area contributed by atoms with Crippen molar-refractivity contribution in [2.24, 2.45) is 11.8 Å². The topological polar surface area (TPSA) is 70.1 Å². The number of halogens is 2. The van der Waals surface area contributed by atoms with Crippen LogP contribution >= 0.6 is 15.9 Å². The van der Waals surface area contributed by atoms with Crippen LogP contribution in [0.5, 0.6) is 0 Å². The number of rotatable bonds is 4. The molecule has 5 atom stereocenters. The fourth-order valence-electron chi connectivity index (χ4n) is 6.91. The van der Waals surface area contributed by atoms with Crippen LogP contribution in [0.4, 0.5) is 10.1 Å². The maximum absolute atomic E-state index is 15.8. The average molecular weight is 574 g/mol. The summed E-state index contributed by atoms with van der Waals surface area (Å²) in [5.41, 5.74) is 1.49. The number of aryl methyl sites for hydroxylation is 1. The Kier molecular flexibility index (Phi) is 6.52. The summed E-state index contributed by atoms with van der Waals surface area (Å²) in [6.07, 6.45) is -0.310. The maximum atomic E-state index is 15.8. The van der Waals surface area contributed by atoms with Gasteiger partial charge in [0.1, 0.15) is 5.67 Å². The molecule has 37 heavy (non-hydrogen) atoms. The van der Waals surface area contributed by atoms with Gasteiger partial charge in [-0.3, -0.25) is 9.59 Å². The van der Waals surface area contributed by atoms with Gasteiger partial charge in [-0.15, -0.1) is 0 Å². The molecular formula is C29H34BrFN2O4. The van der Waals surface area contributed by atoms with Crippen LogP contribution in [0.15, 0.2) is 40.9 Å². The van der Waals surface area contributed by atoms with Crippen LogP contribution < -0.4 is 4.90 Å². The summed E-state index contributed by atoms with van der Waals surface area (Å²) in [6.45, 7) is 7.03. The summed E-state index contributed by atoms with van der Waals surface area (Å²) >= 11 is 3.60. The molecule has 3 heterocycles. The number of anilines is 1. The molecule has 0 saturated carbocycles. The van der Waals surface area contributed by atoms with E-state index in [2.05, 4.69) is 15.9 Å². The fraction of sp³-hybridized carbons (Fsp3) is 0.517. The van der Waals surface area contributed by atoms with E-state index in [9.17, 15) is 14.7 Å². The van der Waals surface area contributed by atoms with E-state index in [1.165, 1.54) is 13.8 Å². The number of likely N-dealkylation sites (N-methyl/N-ethyl adjacent to an activating group) is 1. The van der Waals surface area contributed by atoms with Crippen LogP contribution in [0, 0.1) is 18.8 Å². The van der Waals surface area contributed by atoms with E-state index < -0.39 is 29.2 Å². The highest BCUT2D eigenvalue weighted by Crippen LogP contribution is 2.59. The largest absolute Gasteiger partial charge is 0.394 e. The maximum Gasteiger partial charge on any atom is 0.264 e. The number of aliphatic hydroxyl groups is 1. The number of alkyl halides is 1. The van der Waals surface area contributed by atoms with Crippen LogP contribution in [-0.4, -0.2) is 53.3 Å². The molecule has 0 unspecified atom stereocenters. The summed E-state index contributed by atoms with van der Waals surface area (Å²) in [6, 6.07) is 11.4. The van der Waals surface area contributed by atoms with Gasteiger partial charge in [-0.25, -0.2) is 4.39 Å². The first-order valence-electron chi connectivity index (χ1n) is 12.8. The lowest BCUT2D eigenvalue weighted by Gasteiger charge is -2.37. The zero-order valence-electron chi connectivity index (χ0n) is 21.9. The van der Waals surface area contributed by atoms with Crippen molar-refractivity contribution in [3.63, 3.8) is 0 Å². The van der Waals surface area contributed by atoms with E-state index in [4.69, 9.17) is 4.74 Å². The molecule has 5 rings (SSSR count). The minimum Gasteiger partial charge on any atom is -0.394 e. The zero-order valence-corrected chi connectivity index (χ0v) is 23.5. The minimum atomic E-state index is -1.69.